The largest absolute Gasteiger partial charge is 0.469 e. The molecular formula is C24H31ClO6. The van der Waals surface area contributed by atoms with Gasteiger partial charge in [0, 0.05) is 35.8 Å². The Balaban J connectivity index is 1.86. The van der Waals surface area contributed by atoms with E-state index >= 15 is 0 Å². The monoisotopic (exact) mass is 450 g/mol. The van der Waals surface area contributed by atoms with Crippen molar-refractivity contribution in [2.45, 2.75) is 56.8 Å². The predicted molar refractivity (Wildman–Crippen MR) is 119 cm³/mol. The highest BCUT2D eigenvalue weighted by Gasteiger charge is 2.39. The maximum atomic E-state index is 12.3. The lowest BCUT2D eigenvalue weighted by Crippen LogP contribution is -2.20. The van der Waals surface area contributed by atoms with Crippen molar-refractivity contribution in [1.29, 1.82) is 0 Å². The predicted octanol–water partition coefficient (Wildman–Crippen LogP) is 3.48. The summed E-state index contributed by atoms with van der Waals surface area (Å²) in [5.41, 5.74) is 0.475. The van der Waals surface area contributed by atoms with Crippen LogP contribution in [0.1, 0.15) is 48.9 Å². The highest BCUT2D eigenvalue weighted by Crippen LogP contribution is 2.36. The van der Waals surface area contributed by atoms with Crippen LogP contribution in [0.3, 0.4) is 0 Å². The minimum absolute atomic E-state index is 0.0751. The van der Waals surface area contributed by atoms with Gasteiger partial charge in [0.05, 0.1) is 25.4 Å². The Morgan fingerprint density at radius 2 is 1.90 bits per heavy atom. The molecule has 0 aliphatic heterocycles. The Morgan fingerprint density at radius 1 is 1.19 bits per heavy atom. The van der Waals surface area contributed by atoms with Crippen LogP contribution in [0.25, 0.3) is 0 Å². The molecule has 1 aromatic rings. The van der Waals surface area contributed by atoms with Crippen molar-refractivity contribution >= 4 is 23.4 Å². The summed E-state index contributed by atoms with van der Waals surface area (Å²) in [5, 5.41) is 31.4. The number of esters is 1. The van der Waals surface area contributed by atoms with Crippen molar-refractivity contribution in [2.75, 3.05) is 7.11 Å². The summed E-state index contributed by atoms with van der Waals surface area (Å²) in [6.45, 7) is 0. The topological polar surface area (TPSA) is 104 Å². The van der Waals surface area contributed by atoms with Gasteiger partial charge < -0.3 is 20.1 Å². The molecule has 1 fully saturated rings. The van der Waals surface area contributed by atoms with Gasteiger partial charge in [-0.3, -0.25) is 9.59 Å². The maximum absolute atomic E-state index is 12.3. The van der Waals surface area contributed by atoms with Gasteiger partial charge in [0.25, 0.3) is 0 Å². The number of ketones is 1. The molecule has 1 aliphatic carbocycles. The lowest BCUT2D eigenvalue weighted by Gasteiger charge is -2.19. The minimum Gasteiger partial charge on any atom is -0.469 e. The van der Waals surface area contributed by atoms with Crippen LogP contribution in [0.4, 0.5) is 0 Å². The van der Waals surface area contributed by atoms with E-state index in [1.165, 1.54) is 13.2 Å². The number of benzene rings is 1. The molecule has 6 nitrogen and oxygen atoms in total. The van der Waals surface area contributed by atoms with Crippen LogP contribution < -0.4 is 0 Å². The Morgan fingerprint density at radius 3 is 2.58 bits per heavy atom. The van der Waals surface area contributed by atoms with E-state index in [0.717, 1.165) is 6.42 Å². The Hall–Kier alpha value is -1.99. The van der Waals surface area contributed by atoms with Crippen LogP contribution in [-0.2, 0) is 9.53 Å². The van der Waals surface area contributed by atoms with Crippen molar-refractivity contribution in [3.63, 3.8) is 0 Å². The zero-order chi connectivity index (χ0) is 22.8. The Kier molecular flexibility index (Phi) is 10.4. The smallest absolute Gasteiger partial charge is 0.305 e. The van der Waals surface area contributed by atoms with Crippen molar-refractivity contribution in [1.82, 2.24) is 0 Å². The molecule has 0 heterocycles. The van der Waals surface area contributed by atoms with Crippen LogP contribution in [0.2, 0.25) is 5.02 Å². The first kappa shape index (κ1) is 25.3. The van der Waals surface area contributed by atoms with Crippen LogP contribution in [0, 0.1) is 11.8 Å². The van der Waals surface area contributed by atoms with Crippen LogP contribution >= 0.6 is 11.6 Å². The van der Waals surface area contributed by atoms with Gasteiger partial charge in [-0.25, -0.2) is 0 Å². The number of ether oxygens (including phenoxy) is 1. The lowest BCUT2D eigenvalue weighted by molar-refractivity contribution is -0.140. The van der Waals surface area contributed by atoms with E-state index in [-0.39, 0.29) is 36.4 Å². The number of aliphatic hydroxyl groups is 3. The average Bonchev–Trinajstić information content (AvgIpc) is 3.01. The molecule has 0 spiro atoms. The van der Waals surface area contributed by atoms with Gasteiger partial charge in [-0.05, 0) is 49.4 Å². The fourth-order valence-electron chi connectivity index (χ4n) is 3.81. The first-order valence-corrected chi connectivity index (χ1v) is 10.9. The standard InChI is InChI=1S/C24H31ClO6/c1-31-24(30)7-5-3-2-4-6-19-20(23(29)15-22(19)28)13-12-18(26)14-21(27)16-8-10-17(25)11-9-16/h2,4,8-13,18-20,22-23,26,28-29H,3,5-7,14-15H2,1H3/b4-2-,13-12+/t18-,19?,20-,22?,23?/m1/s1. The summed E-state index contributed by atoms with van der Waals surface area (Å²) >= 11 is 5.82. The van der Waals surface area contributed by atoms with Gasteiger partial charge in [0.2, 0.25) is 0 Å². The van der Waals surface area contributed by atoms with E-state index in [1.54, 1.807) is 30.3 Å². The van der Waals surface area contributed by atoms with Gasteiger partial charge in [-0.2, -0.15) is 0 Å². The van der Waals surface area contributed by atoms with E-state index in [2.05, 4.69) is 4.74 Å². The molecule has 2 rings (SSSR count). The summed E-state index contributed by atoms with van der Waals surface area (Å²) in [6.07, 6.45) is 7.36. The number of allylic oxidation sites excluding steroid dienone is 2. The number of unbranched alkanes of at least 4 members (excludes halogenated alkanes) is 1. The number of hydrogen-bond acceptors (Lipinski definition) is 6. The summed E-state index contributed by atoms with van der Waals surface area (Å²) in [6, 6.07) is 6.49. The Labute approximate surface area is 188 Å². The number of methoxy groups -OCH3 is 1. The summed E-state index contributed by atoms with van der Waals surface area (Å²) in [5.74, 6) is -0.925. The third-order valence-electron chi connectivity index (χ3n) is 5.59. The van der Waals surface area contributed by atoms with Crippen LogP contribution in [0.5, 0.6) is 0 Å². The van der Waals surface area contributed by atoms with E-state index in [1.807, 2.05) is 12.2 Å². The average molecular weight is 451 g/mol. The molecule has 5 atom stereocenters. The molecule has 3 unspecified atom stereocenters. The number of carbonyl (C=O) groups excluding carboxylic acids is 2. The molecule has 0 amide bonds. The third kappa shape index (κ3) is 8.22. The molecule has 1 saturated carbocycles. The highest BCUT2D eigenvalue weighted by molar-refractivity contribution is 6.30. The third-order valence-corrected chi connectivity index (χ3v) is 5.84. The fraction of sp³-hybridized carbons (Fsp3) is 0.500. The molecule has 1 aliphatic rings. The molecule has 0 bridgehead atoms. The molecule has 0 saturated heterocycles. The van der Waals surface area contributed by atoms with E-state index in [9.17, 15) is 24.9 Å². The summed E-state index contributed by atoms with van der Waals surface area (Å²) in [4.78, 5) is 23.4. The van der Waals surface area contributed by atoms with E-state index < -0.39 is 18.3 Å². The number of halogens is 1. The van der Waals surface area contributed by atoms with Crippen molar-refractivity contribution < 1.29 is 29.6 Å². The SMILES string of the molecule is COC(=O)CCC/C=C\CC1C(O)CC(O)[C@@H]1/C=C/[C@@H](O)CC(=O)c1ccc(Cl)cc1. The summed E-state index contributed by atoms with van der Waals surface area (Å²) < 4.78 is 4.60. The number of carbonyl (C=O) groups is 2. The lowest BCUT2D eigenvalue weighted by atomic mass is 9.89. The van der Waals surface area contributed by atoms with Gasteiger partial charge in [-0.1, -0.05) is 35.9 Å². The number of Topliss-reactive ketones (excluding diaryl/α,β-unsaturated/α-hetero) is 1. The number of rotatable bonds is 11. The zero-order valence-electron chi connectivity index (χ0n) is 17.7. The first-order chi connectivity index (χ1) is 14.8. The molecule has 0 radical (unpaired) electrons. The molecular weight excluding hydrogens is 420 g/mol. The highest BCUT2D eigenvalue weighted by atomic mass is 35.5. The van der Waals surface area contributed by atoms with Gasteiger partial charge in [0.15, 0.2) is 5.78 Å². The van der Waals surface area contributed by atoms with Crippen molar-refractivity contribution in [2.24, 2.45) is 11.8 Å². The van der Waals surface area contributed by atoms with Gasteiger partial charge >= 0.3 is 5.97 Å². The van der Waals surface area contributed by atoms with E-state index in [4.69, 9.17) is 11.6 Å². The van der Waals surface area contributed by atoms with Gasteiger partial charge in [-0.15, -0.1) is 0 Å². The van der Waals surface area contributed by atoms with Crippen molar-refractivity contribution in [3.05, 3.63) is 59.2 Å². The zero-order valence-corrected chi connectivity index (χ0v) is 18.4. The Bertz CT molecular complexity index is 773. The van der Waals surface area contributed by atoms with Crippen LogP contribution in [-0.4, -0.2) is 52.5 Å². The van der Waals surface area contributed by atoms with Crippen LogP contribution in [0.15, 0.2) is 48.6 Å². The van der Waals surface area contributed by atoms with Gasteiger partial charge in [0.1, 0.15) is 0 Å². The van der Waals surface area contributed by atoms with E-state index in [0.29, 0.717) is 29.8 Å². The second kappa shape index (κ2) is 12.8. The quantitative estimate of drug-likeness (QED) is 0.206. The molecule has 3 N–H and O–H groups in total. The van der Waals surface area contributed by atoms with Crippen molar-refractivity contribution in [3.8, 4) is 0 Å². The molecule has 7 heteroatoms. The fourth-order valence-corrected chi connectivity index (χ4v) is 3.94. The second-order valence-corrected chi connectivity index (χ2v) is 8.31. The number of aliphatic hydroxyl groups excluding tert-OH is 3. The normalized spacial score (nSPS) is 24.7. The minimum atomic E-state index is -0.984. The second-order valence-electron chi connectivity index (χ2n) is 7.87. The maximum Gasteiger partial charge on any atom is 0.305 e. The summed E-state index contributed by atoms with van der Waals surface area (Å²) in [7, 11) is 1.36. The molecule has 1 aromatic carbocycles. The molecule has 0 aromatic heterocycles. The first-order valence-electron chi connectivity index (χ1n) is 10.5. The molecule has 31 heavy (non-hydrogen) atoms. The number of hydrogen-bond donors (Lipinski definition) is 3. The molecule has 170 valence electrons.